The number of aromatic nitrogens is 2. The summed E-state index contributed by atoms with van der Waals surface area (Å²) >= 11 is 6.06. The third kappa shape index (κ3) is 4.54. The van der Waals surface area contributed by atoms with Gasteiger partial charge in [-0.3, -0.25) is 10.1 Å². The lowest BCUT2D eigenvalue weighted by atomic mass is 10.2. The molecule has 3 rings (SSSR count). The fourth-order valence-corrected chi connectivity index (χ4v) is 2.69. The SMILES string of the molecule is Cc1c(Cl)cccc1Nc1ncnc(Nc2cccc(C(F)(F)F)c2)c1[N+](=O)[O-]. The van der Waals surface area contributed by atoms with E-state index in [4.69, 9.17) is 11.6 Å². The predicted molar refractivity (Wildman–Crippen MR) is 103 cm³/mol. The average molecular weight is 424 g/mol. The highest BCUT2D eigenvalue weighted by Crippen LogP contribution is 2.36. The maximum absolute atomic E-state index is 12.9. The van der Waals surface area contributed by atoms with Gasteiger partial charge in [0.15, 0.2) is 0 Å². The number of benzene rings is 2. The summed E-state index contributed by atoms with van der Waals surface area (Å²) in [7, 11) is 0. The van der Waals surface area contributed by atoms with E-state index in [0.717, 1.165) is 18.5 Å². The third-order valence-electron chi connectivity index (χ3n) is 3.98. The van der Waals surface area contributed by atoms with E-state index in [1.165, 1.54) is 12.1 Å². The number of alkyl halides is 3. The van der Waals surface area contributed by atoms with Crippen molar-refractivity contribution >= 4 is 40.3 Å². The Morgan fingerprint density at radius 1 is 1.07 bits per heavy atom. The van der Waals surface area contributed by atoms with Gasteiger partial charge in [0.25, 0.3) is 0 Å². The van der Waals surface area contributed by atoms with Crippen LogP contribution in [0.2, 0.25) is 5.02 Å². The van der Waals surface area contributed by atoms with Gasteiger partial charge in [-0.2, -0.15) is 13.2 Å². The second-order valence-electron chi connectivity index (χ2n) is 5.92. The first kappa shape index (κ1) is 20.3. The number of nitro groups is 1. The van der Waals surface area contributed by atoms with Gasteiger partial charge in [0, 0.05) is 16.4 Å². The summed E-state index contributed by atoms with van der Waals surface area (Å²) in [5, 5.41) is 17.5. The van der Waals surface area contributed by atoms with Gasteiger partial charge in [-0.15, -0.1) is 0 Å². The Morgan fingerprint density at radius 3 is 2.38 bits per heavy atom. The van der Waals surface area contributed by atoms with Crippen molar-refractivity contribution < 1.29 is 18.1 Å². The fraction of sp³-hybridized carbons (Fsp3) is 0.111. The van der Waals surface area contributed by atoms with Crippen LogP contribution in [-0.2, 0) is 6.18 Å². The van der Waals surface area contributed by atoms with E-state index >= 15 is 0 Å². The molecule has 0 amide bonds. The van der Waals surface area contributed by atoms with Crippen molar-refractivity contribution in [1.29, 1.82) is 0 Å². The van der Waals surface area contributed by atoms with Crippen LogP contribution in [-0.4, -0.2) is 14.9 Å². The molecule has 0 radical (unpaired) electrons. The number of anilines is 4. The second-order valence-corrected chi connectivity index (χ2v) is 6.32. The molecule has 1 heterocycles. The molecule has 0 aliphatic carbocycles. The largest absolute Gasteiger partial charge is 0.416 e. The molecular weight excluding hydrogens is 411 g/mol. The molecule has 3 aromatic rings. The van der Waals surface area contributed by atoms with E-state index in [1.807, 2.05) is 0 Å². The van der Waals surface area contributed by atoms with Crippen LogP contribution in [0, 0.1) is 17.0 Å². The Hall–Kier alpha value is -3.40. The molecule has 7 nitrogen and oxygen atoms in total. The minimum absolute atomic E-state index is 0.00786. The zero-order valence-electron chi connectivity index (χ0n) is 14.8. The zero-order chi connectivity index (χ0) is 21.2. The molecule has 11 heteroatoms. The van der Waals surface area contributed by atoms with Crippen molar-refractivity contribution in [2.45, 2.75) is 13.1 Å². The third-order valence-corrected chi connectivity index (χ3v) is 4.39. The van der Waals surface area contributed by atoms with E-state index in [0.29, 0.717) is 16.3 Å². The van der Waals surface area contributed by atoms with Gasteiger partial charge in [0.1, 0.15) is 6.33 Å². The van der Waals surface area contributed by atoms with Crippen molar-refractivity contribution in [2.24, 2.45) is 0 Å². The summed E-state index contributed by atoms with van der Waals surface area (Å²) in [6, 6.07) is 9.24. The molecule has 2 N–H and O–H groups in total. The van der Waals surface area contributed by atoms with Crippen LogP contribution in [0.5, 0.6) is 0 Å². The molecule has 0 saturated carbocycles. The van der Waals surface area contributed by atoms with E-state index < -0.39 is 22.4 Å². The minimum atomic E-state index is -4.55. The van der Waals surface area contributed by atoms with Gasteiger partial charge in [0.2, 0.25) is 11.6 Å². The Labute approximate surface area is 167 Å². The predicted octanol–water partition coefficient (Wildman–Crippen LogP) is 5.85. The van der Waals surface area contributed by atoms with Crippen LogP contribution in [0.15, 0.2) is 48.8 Å². The maximum Gasteiger partial charge on any atom is 0.416 e. The van der Waals surface area contributed by atoms with Crippen LogP contribution in [0.1, 0.15) is 11.1 Å². The van der Waals surface area contributed by atoms with E-state index in [1.54, 1.807) is 25.1 Å². The summed E-state index contributed by atoms with van der Waals surface area (Å²) in [4.78, 5) is 18.6. The molecule has 0 atom stereocenters. The normalized spacial score (nSPS) is 11.2. The highest BCUT2D eigenvalue weighted by Gasteiger charge is 2.31. The highest BCUT2D eigenvalue weighted by atomic mass is 35.5. The summed E-state index contributed by atoms with van der Waals surface area (Å²) in [6.45, 7) is 1.72. The summed E-state index contributed by atoms with van der Waals surface area (Å²) in [5.74, 6) is -0.392. The first-order valence-electron chi connectivity index (χ1n) is 8.12. The number of hydrogen-bond acceptors (Lipinski definition) is 6. The number of nitrogens with zero attached hydrogens (tertiary/aromatic N) is 3. The Balaban J connectivity index is 2.00. The summed E-state index contributed by atoms with van der Waals surface area (Å²) < 4.78 is 38.7. The summed E-state index contributed by atoms with van der Waals surface area (Å²) in [5.41, 5.74) is -0.290. The van der Waals surface area contributed by atoms with E-state index in [-0.39, 0.29) is 17.3 Å². The number of nitrogens with one attached hydrogen (secondary N) is 2. The molecule has 150 valence electrons. The molecule has 0 aliphatic rings. The molecule has 2 aromatic carbocycles. The second kappa shape index (κ2) is 7.92. The lowest BCUT2D eigenvalue weighted by Crippen LogP contribution is -2.08. The van der Waals surface area contributed by atoms with Crippen LogP contribution in [0.25, 0.3) is 0 Å². The Bertz CT molecular complexity index is 1080. The molecule has 29 heavy (non-hydrogen) atoms. The highest BCUT2D eigenvalue weighted by molar-refractivity contribution is 6.31. The quantitative estimate of drug-likeness (QED) is 0.395. The van der Waals surface area contributed by atoms with Crippen molar-refractivity contribution in [2.75, 3.05) is 10.6 Å². The zero-order valence-corrected chi connectivity index (χ0v) is 15.5. The van der Waals surface area contributed by atoms with Crippen molar-refractivity contribution in [1.82, 2.24) is 9.97 Å². The molecule has 1 aromatic heterocycles. The van der Waals surface area contributed by atoms with Gasteiger partial charge in [-0.25, -0.2) is 9.97 Å². The smallest absolute Gasteiger partial charge is 0.334 e. The topological polar surface area (TPSA) is 93.0 Å². The van der Waals surface area contributed by atoms with Crippen molar-refractivity contribution in [3.05, 3.63) is 75.1 Å². The number of halogens is 4. The Morgan fingerprint density at radius 2 is 1.72 bits per heavy atom. The molecule has 0 bridgehead atoms. The van der Waals surface area contributed by atoms with Crippen LogP contribution >= 0.6 is 11.6 Å². The van der Waals surface area contributed by atoms with Gasteiger partial charge in [-0.05, 0) is 42.8 Å². The van der Waals surface area contributed by atoms with Crippen LogP contribution < -0.4 is 10.6 Å². The standard InChI is InChI=1S/C18H13ClF3N5O2/c1-10-13(19)6-3-7-14(10)26-17-15(27(28)29)16(23-9-24-17)25-12-5-2-4-11(8-12)18(20,21)22/h2-9H,1H3,(H2,23,24,25,26). The monoisotopic (exact) mass is 423 g/mol. The first-order valence-corrected chi connectivity index (χ1v) is 8.50. The summed E-state index contributed by atoms with van der Waals surface area (Å²) in [6.07, 6.45) is -3.49. The van der Waals surface area contributed by atoms with E-state index in [9.17, 15) is 23.3 Å². The lowest BCUT2D eigenvalue weighted by Gasteiger charge is -2.13. The van der Waals surface area contributed by atoms with E-state index in [2.05, 4.69) is 20.6 Å². The maximum atomic E-state index is 12.9. The van der Waals surface area contributed by atoms with Crippen LogP contribution in [0.3, 0.4) is 0 Å². The van der Waals surface area contributed by atoms with Gasteiger partial charge in [-0.1, -0.05) is 23.7 Å². The van der Waals surface area contributed by atoms with Crippen molar-refractivity contribution in [3.63, 3.8) is 0 Å². The number of hydrogen-bond donors (Lipinski definition) is 2. The molecular formula is C18H13ClF3N5O2. The molecule has 0 fully saturated rings. The van der Waals surface area contributed by atoms with Crippen molar-refractivity contribution in [3.8, 4) is 0 Å². The Kier molecular flexibility index (Phi) is 5.55. The fourth-order valence-electron chi connectivity index (χ4n) is 2.52. The average Bonchev–Trinajstić information content (AvgIpc) is 2.65. The van der Waals surface area contributed by atoms with Gasteiger partial charge >= 0.3 is 11.9 Å². The number of rotatable bonds is 5. The lowest BCUT2D eigenvalue weighted by molar-refractivity contribution is -0.383. The molecule has 0 aliphatic heterocycles. The molecule has 0 spiro atoms. The van der Waals surface area contributed by atoms with Gasteiger partial charge < -0.3 is 10.6 Å². The van der Waals surface area contributed by atoms with Crippen LogP contribution in [0.4, 0.5) is 41.9 Å². The molecule has 0 saturated heterocycles. The van der Waals surface area contributed by atoms with Gasteiger partial charge in [0.05, 0.1) is 10.5 Å². The minimum Gasteiger partial charge on any atom is -0.334 e. The molecule has 0 unspecified atom stereocenters. The first-order chi connectivity index (χ1) is 13.7.